The van der Waals surface area contributed by atoms with Crippen LogP contribution in [0.2, 0.25) is 0 Å². The van der Waals surface area contributed by atoms with E-state index >= 15 is 0 Å². The van der Waals surface area contributed by atoms with Gasteiger partial charge in [-0.25, -0.2) is 0 Å². The van der Waals surface area contributed by atoms with Crippen LogP contribution in [0.4, 0.5) is 5.69 Å². The molecule has 0 aromatic heterocycles. The summed E-state index contributed by atoms with van der Waals surface area (Å²) in [5.74, 6) is 0.623. The molecular weight excluding hydrogens is 238 g/mol. The molecule has 1 atom stereocenters. The molecule has 0 amide bonds. The summed E-state index contributed by atoms with van der Waals surface area (Å²) in [7, 11) is 0. The van der Waals surface area contributed by atoms with E-state index in [0.717, 1.165) is 25.3 Å². The zero-order valence-electron chi connectivity index (χ0n) is 11.9. The van der Waals surface area contributed by atoms with Gasteiger partial charge in [-0.15, -0.1) is 0 Å². The number of aryl methyl sites for hydroxylation is 1. The van der Waals surface area contributed by atoms with Gasteiger partial charge in [0.25, 0.3) is 0 Å². The summed E-state index contributed by atoms with van der Waals surface area (Å²) in [6.07, 6.45) is 3.59. The molecule has 0 spiro atoms. The molecule has 0 aliphatic carbocycles. The van der Waals surface area contributed by atoms with Gasteiger partial charge in [0.1, 0.15) is 0 Å². The second kappa shape index (κ2) is 6.60. The van der Waals surface area contributed by atoms with Gasteiger partial charge in [0.2, 0.25) is 0 Å². The van der Waals surface area contributed by atoms with Gasteiger partial charge in [-0.1, -0.05) is 25.5 Å². The average molecular weight is 261 g/mol. The first-order valence-electron chi connectivity index (χ1n) is 7.24. The topological polar surface area (TPSA) is 38.3 Å². The third-order valence-electron chi connectivity index (χ3n) is 3.76. The molecule has 104 valence electrons. The molecule has 19 heavy (non-hydrogen) atoms. The van der Waals surface area contributed by atoms with Gasteiger partial charge in [-0.3, -0.25) is 4.79 Å². The van der Waals surface area contributed by atoms with Gasteiger partial charge >= 0.3 is 5.97 Å². The fourth-order valence-corrected chi connectivity index (χ4v) is 2.55. The Morgan fingerprint density at radius 1 is 1.42 bits per heavy atom. The lowest BCUT2D eigenvalue weighted by atomic mass is 9.90. The van der Waals surface area contributed by atoms with Crippen LogP contribution in [0.3, 0.4) is 0 Å². The summed E-state index contributed by atoms with van der Waals surface area (Å²) < 4.78 is 4.96. The van der Waals surface area contributed by atoms with Crippen molar-refractivity contribution in [3.05, 3.63) is 29.3 Å². The molecule has 1 aromatic carbocycles. The summed E-state index contributed by atoms with van der Waals surface area (Å²) in [6, 6.07) is 6.49. The monoisotopic (exact) mass is 261 g/mol. The van der Waals surface area contributed by atoms with Crippen molar-refractivity contribution in [3.63, 3.8) is 0 Å². The Kier molecular flexibility index (Phi) is 4.83. The number of hydrogen-bond donors (Lipinski definition) is 1. The van der Waals surface area contributed by atoms with E-state index in [2.05, 4.69) is 30.4 Å². The molecule has 1 N–H and O–H groups in total. The molecule has 1 aromatic rings. The van der Waals surface area contributed by atoms with Crippen LogP contribution < -0.4 is 5.32 Å². The lowest BCUT2D eigenvalue weighted by molar-refractivity contribution is -0.143. The summed E-state index contributed by atoms with van der Waals surface area (Å²) in [6.45, 7) is 5.62. The van der Waals surface area contributed by atoms with Crippen LogP contribution in [-0.4, -0.2) is 19.1 Å². The minimum Gasteiger partial charge on any atom is -0.466 e. The van der Waals surface area contributed by atoms with E-state index in [1.54, 1.807) is 0 Å². The SMILES string of the molecule is CCOC(=O)CCc1ccc2c(c1)C[C@H](CC)CN2. The number of carbonyl (C=O) groups excluding carboxylic acids is 1. The molecule has 1 aliphatic heterocycles. The maximum atomic E-state index is 11.4. The van der Waals surface area contributed by atoms with Gasteiger partial charge in [0.15, 0.2) is 0 Å². The fourth-order valence-electron chi connectivity index (χ4n) is 2.55. The molecule has 0 bridgehead atoms. The predicted molar refractivity (Wildman–Crippen MR) is 77.4 cm³/mol. The summed E-state index contributed by atoms with van der Waals surface area (Å²) in [5.41, 5.74) is 3.87. The zero-order chi connectivity index (χ0) is 13.7. The number of fused-ring (bicyclic) bond motifs is 1. The molecule has 0 radical (unpaired) electrons. The van der Waals surface area contributed by atoms with Crippen molar-refractivity contribution in [2.24, 2.45) is 5.92 Å². The number of carbonyl (C=O) groups is 1. The number of ether oxygens (including phenoxy) is 1. The second-order valence-electron chi connectivity index (χ2n) is 5.16. The Morgan fingerprint density at radius 3 is 3.00 bits per heavy atom. The Labute approximate surface area is 115 Å². The van der Waals surface area contributed by atoms with Gasteiger partial charge < -0.3 is 10.1 Å². The molecule has 1 aliphatic rings. The van der Waals surface area contributed by atoms with Gasteiger partial charge in [-0.05, 0) is 42.9 Å². The van der Waals surface area contributed by atoms with E-state index in [1.807, 2.05) is 6.92 Å². The van der Waals surface area contributed by atoms with Crippen molar-refractivity contribution in [1.29, 1.82) is 0 Å². The molecular formula is C16H23NO2. The van der Waals surface area contributed by atoms with Crippen LogP contribution in [0.1, 0.15) is 37.8 Å². The standard InChI is InChI=1S/C16H23NO2/c1-3-12-9-14-10-13(5-7-15(14)17-11-12)6-8-16(18)19-4-2/h5,7,10,12,17H,3-4,6,8-9,11H2,1-2H3/t12-/m0/s1. The van der Waals surface area contributed by atoms with Crippen molar-refractivity contribution in [2.45, 2.75) is 39.5 Å². The number of nitrogens with one attached hydrogen (secondary N) is 1. The normalized spacial score (nSPS) is 17.5. The first-order valence-corrected chi connectivity index (χ1v) is 7.24. The van der Waals surface area contributed by atoms with Crippen molar-refractivity contribution in [2.75, 3.05) is 18.5 Å². The molecule has 3 nitrogen and oxygen atoms in total. The van der Waals surface area contributed by atoms with E-state index in [9.17, 15) is 4.79 Å². The van der Waals surface area contributed by atoms with Crippen molar-refractivity contribution in [1.82, 2.24) is 0 Å². The van der Waals surface area contributed by atoms with Crippen LogP contribution >= 0.6 is 0 Å². The molecule has 0 saturated carbocycles. The average Bonchev–Trinajstić information content (AvgIpc) is 2.44. The predicted octanol–water partition coefficient (Wildman–Crippen LogP) is 3.18. The number of esters is 1. The van der Waals surface area contributed by atoms with Gasteiger partial charge in [-0.2, -0.15) is 0 Å². The highest BCUT2D eigenvalue weighted by Gasteiger charge is 2.16. The Hall–Kier alpha value is -1.51. The Balaban J connectivity index is 1.98. The Morgan fingerprint density at radius 2 is 2.26 bits per heavy atom. The maximum Gasteiger partial charge on any atom is 0.306 e. The summed E-state index contributed by atoms with van der Waals surface area (Å²) in [5, 5.41) is 3.48. The zero-order valence-corrected chi connectivity index (χ0v) is 11.9. The van der Waals surface area contributed by atoms with E-state index in [0.29, 0.717) is 13.0 Å². The minimum atomic E-state index is -0.107. The van der Waals surface area contributed by atoms with Crippen molar-refractivity contribution >= 4 is 11.7 Å². The van der Waals surface area contributed by atoms with E-state index < -0.39 is 0 Å². The summed E-state index contributed by atoms with van der Waals surface area (Å²) >= 11 is 0. The number of benzene rings is 1. The number of rotatable bonds is 5. The van der Waals surface area contributed by atoms with Crippen LogP contribution in [0.25, 0.3) is 0 Å². The van der Waals surface area contributed by atoms with E-state index in [1.165, 1.54) is 23.2 Å². The smallest absolute Gasteiger partial charge is 0.306 e. The van der Waals surface area contributed by atoms with E-state index in [-0.39, 0.29) is 5.97 Å². The molecule has 0 saturated heterocycles. The highest BCUT2D eigenvalue weighted by molar-refractivity contribution is 5.69. The number of anilines is 1. The highest BCUT2D eigenvalue weighted by Crippen LogP contribution is 2.27. The van der Waals surface area contributed by atoms with Gasteiger partial charge in [0, 0.05) is 18.7 Å². The Bertz CT molecular complexity index is 442. The second-order valence-corrected chi connectivity index (χ2v) is 5.16. The van der Waals surface area contributed by atoms with Crippen LogP contribution in [0.15, 0.2) is 18.2 Å². The minimum absolute atomic E-state index is 0.107. The van der Waals surface area contributed by atoms with Gasteiger partial charge in [0.05, 0.1) is 6.61 Å². The molecule has 2 rings (SSSR count). The van der Waals surface area contributed by atoms with Crippen LogP contribution in [-0.2, 0) is 22.4 Å². The summed E-state index contributed by atoms with van der Waals surface area (Å²) in [4.78, 5) is 11.4. The lowest BCUT2D eigenvalue weighted by Gasteiger charge is -2.25. The van der Waals surface area contributed by atoms with Crippen LogP contribution in [0.5, 0.6) is 0 Å². The largest absolute Gasteiger partial charge is 0.466 e. The van der Waals surface area contributed by atoms with Crippen molar-refractivity contribution < 1.29 is 9.53 Å². The third-order valence-corrected chi connectivity index (χ3v) is 3.76. The lowest BCUT2D eigenvalue weighted by Crippen LogP contribution is -2.22. The first-order chi connectivity index (χ1) is 9.22. The molecule has 1 heterocycles. The number of hydrogen-bond acceptors (Lipinski definition) is 3. The first kappa shape index (κ1) is 13.9. The fraction of sp³-hybridized carbons (Fsp3) is 0.562. The molecule has 0 unspecified atom stereocenters. The molecule has 0 fully saturated rings. The third kappa shape index (κ3) is 3.72. The molecule has 3 heteroatoms. The van der Waals surface area contributed by atoms with E-state index in [4.69, 9.17) is 4.74 Å². The van der Waals surface area contributed by atoms with Crippen LogP contribution in [0, 0.1) is 5.92 Å². The quantitative estimate of drug-likeness (QED) is 0.827. The van der Waals surface area contributed by atoms with Crippen molar-refractivity contribution in [3.8, 4) is 0 Å². The highest BCUT2D eigenvalue weighted by atomic mass is 16.5. The maximum absolute atomic E-state index is 11.4.